The normalized spacial score (nSPS) is 34.4. The lowest BCUT2D eigenvalue weighted by Crippen LogP contribution is -2.55. The van der Waals surface area contributed by atoms with Gasteiger partial charge in [0, 0.05) is 43.9 Å². The summed E-state index contributed by atoms with van der Waals surface area (Å²) in [5, 5.41) is 0. The highest BCUT2D eigenvalue weighted by molar-refractivity contribution is 4.98. The van der Waals surface area contributed by atoms with Crippen LogP contribution in [0.1, 0.15) is 88.5 Å². The van der Waals surface area contributed by atoms with Crippen LogP contribution in [0.15, 0.2) is 0 Å². The van der Waals surface area contributed by atoms with Gasteiger partial charge < -0.3 is 4.74 Å². The Hall–Kier alpha value is -0.120. The van der Waals surface area contributed by atoms with Crippen LogP contribution in [-0.4, -0.2) is 59.3 Å². The first kappa shape index (κ1) is 23.9. The van der Waals surface area contributed by atoms with Gasteiger partial charge in [0.05, 0.1) is 5.60 Å². The van der Waals surface area contributed by atoms with Gasteiger partial charge in [-0.2, -0.15) is 0 Å². The number of ether oxygens (including phenoxy) is 1. The molecule has 5 rings (SSSR count). The molecule has 0 radical (unpaired) electrons. The number of fused-ring (bicyclic) bond motifs is 2. The molecular weight excluding hydrogens is 320 g/mol. The van der Waals surface area contributed by atoms with E-state index in [-0.39, 0.29) is 20.5 Å². The van der Waals surface area contributed by atoms with Crippen LogP contribution in [0.2, 0.25) is 0 Å². The highest BCUT2D eigenvalue weighted by Crippen LogP contribution is 2.41. The Bertz CT molecular complexity index is 412. The second-order valence-corrected chi connectivity index (χ2v) is 10.8. The fourth-order valence-electron chi connectivity index (χ4n) is 4.91. The molecule has 3 heteroatoms. The molecule has 4 heterocycles. The van der Waals surface area contributed by atoms with E-state index >= 15 is 0 Å². The number of rotatable bonds is 0. The minimum atomic E-state index is 0. The van der Waals surface area contributed by atoms with Crippen LogP contribution >= 0.6 is 0 Å². The summed E-state index contributed by atoms with van der Waals surface area (Å²) in [6, 6.07) is 0. The third-order valence-corrected chi connectivity index (χ3v) is 6.69. The highest BCUT2D eigenvalue weighted by Gasteiger charge is 2.44. The summed E-state index contributed by atoms with van der Waals surface area (Å²) in [4.78, 5) is 5.20. The predicted octanol–water partition coefficient (Wildman–Crippen LogP) is 5.44. The summed E-state index contributed by atoms with van der Waals surface area (Å²) in [6.07, 6.45) is 6.82. The molecule has 1 atom stereocenters. The molecule has 156 valence electrons. The van der Waals surface area contributed by atoms with Gasteiger partial charge in [0.1, 0.15) is 0 Å². The van der Waals surface area contributed by atoms with Gasteiger partial charge in [-0.05, 0) is 85.5 Å². The number of hydrogen-bond acceptors (Lipinski definition) is 3. The topological polar surface area (TPSA) is 15.7 Å². The summed E-state index contributed by atoms with van der Waals surface area (Å²) >= 11 is 0. The zero-order valence-corrected chi connectivity index (χ0v) is 17.0. The maximum atomic E-state index is 5.89. The molecule has 1 spiro atoms. The van der Waals surface area contributed by atoms with Crippen molar-refractivity contribution in [1.82, 2.24) is 9.80 Å². The van der Waals surface area contributed by atoms with E-state index in [1.165, 1.54) is 51.7 Å². The Labute approximate surface area is 164 Å². The summed E-state index contributed by atoms with van der Waals surface area (Å²) in [5.74, 6) is 2.10. The Balaban J connectivity index is 0.000000244. The molecule has 0 N–H and O–H groups in total. The van der Waals surface area contributed by atoms with Gasteiger partial charge in [-0.25, -0.2) is 0 Å². The zero-order valence-electron chi connectivity index (χ0n) is 17.0. The summed E-state index contributed by atoms with van der Waals surface area (Å²) in [5.41, 5.74) is 0.972. The minimum absolute atomic E-state index is 0. The molecule has 0 aromatic rings. The van der Waals surface area contributed by atoms with Crippen LogP contribution in [0.25, 0.3) is 0 Å². The van der Waals surface area contributed by atoms with Crippen LogP contribution in [0.5, 0.6) is 0 Å². The summed E-state index contributed by atoms with van der Waals surface area (Å²) in [7, 11) is 0. The van der Waals surface area contributed by atoms with Gasteiger partial charge in [0.2, 0.25) is 0 Å². The standard InChI is InChI=1S/C11H21NO.C10H19N.2CH4/c1-10(2,3)12-7-6-11(9-12)5-4-8-13-11;1-10(2,3)11-6-8-4-9(5-8)7-11;;/h4-9H2,1-3H3;8-9H,4-7H2,1-3H3;2*1H4. The third-order valence-electron chi connectivity index (χ3n) is 6.69. The number of nitrogens with zero attached hydrogens (tertiary/aromatic N) is 2. The lowest BCUT2D eigenvalue weighted by atomic mass is 9.70. The minimum Gasteiger partial charge on any atom is -0.374 e. The van der Waals surface area contributed by atoms with Gasteiger partial charge in [-0.15, -0.1) is 0 Å². The van der Waals surface area contributed by atoms with Gasteiger partial charge >= 0.3 is 0 Å². The van der Waals surface area contributed by atoms with Crippen LogP contribution in [0, 0.1) is 11.8 Å². The molecule has 0 aromatic heterocycles. The second kappa shape index (κ2) is 8.49. The molecule has 0 amide bonds. The Morgan fingerprint density at radius 3 is 1.69 bits per heavy atom. The molecule has 1 aliphatic carbocycles. The molecule has 26 heavy (non-hydrogen) atoms. The van der Waals surface area contributed by atoms with Crippen LogP contribution in [-0.2, 0) is 4.74 Å². The summed E-state index contributed by atoms with van der Waals surface area (Å²) < 4.78 is 5.89. The van der Waals surface area contributed by atoms with E-state index in [1.54, 1.807) is 0 Å². The van der Waals surface area contributed by atoms with Crippen molar-refractivity contribution in [2.75, 3.05) is 32.8 Å². The molecule has 4 saturated heterocycles. The van der Waals surface area contributed by atoms with E-state index in [9.17, 15) is 0 Å². The maximum absolute atomic E-state index is 5.89. The van der Waals surface area contributed by atoms with Crippen molar-refractivity contribution in [2.24, 2.45) is 11.8 Å². The van der Waals surface area contributed by atoms with E-state index in [0.29, 0.717) is 11.1 Å². The van der Waals surface area contributed by atoms with E-state index < -0.39 is 0 Å². The number of hydrogen-bond donors (Lipinski definition) is 0. The molecule has 2 bridgehead atoms. The average Bonchev–Trinajstić information content (AvgIpc) is 3.08. The van der Waals surface area contributed by atoms with Crippen molar-refractivity contribution in [3.8, 4) is 0 Å². The lowest BCUT2D eigenvalue weighted by Gasteiger charge is -2.52. The van der Waals surface area contributed by atoms with E-state index in [2.05, 4.69) is 51.3 Å². The largest absolute Gasteiger partial charge is 0.374 e. The Morgan fingerprint density at radius 1 is 0.808 bits per heavy atom. The van der Waals surface area contributed by atoms with Crippen molar-refractivity contribution in [3.05, 3.63) is 0 Å². The molecule has 5 fully saturated rings. The van der Waals surface area contributed by atoms with Gasteiger partial charge in [-0.1, -0.05) is 14.9 Å². The molecule has 3 nitrogen and oxygen atoms in total. The van der Waals surface area contributed by atoms with Gasteiger partial charge in [-0.3, -0.25) is 9.80 Å². The highest BCUT2D eigenvalue weighted by atomic mass is 16.5. The van der Waals surface area contributed by atoms with Crippen molar-refractivity contribution >= 4 is 0 Å². The average molecular weight is 369 g/mol. The van der Waals surface area contributed by atoms with Crippen LogP contribution < -0.4 is 0 Å². The van der Waals surface area contributed by atoms with Crippen molar-refractivity contribution < 1.29 is 4.74 Å². The Kier molecular flexibility index (Phi) is 7.81. The van der Waals surface area contributed by atoms with E-state index in [0.717, 1.165) is 25.0 Å². The monoisotopic (exact) mass is 368 g/mol. The Morgan fingerprint density at radius 2 is 1.35 bits per heavy atom. The summed E-state index contributed by atoms with van der Waals surface area (Å²) in [6.45, 7) is 19.9. The van der Waals surface area contributed by atoms with Crippen LogP contribution in [0.3, 0.4) is 0 Å². The third kappa shape index (κ3) is 5.45. The van der Waals surface area contributed by atoms with Gasteiger partial charge in [0.25, 0.3) is 0 Å². The number of likely N-dealkylation sites (tertiary alicyclic amines) is 1. The molecule has 1 unspecified atom stereocenters. The lowest BCUT2D eigenvalue weighted by molar-refractivity contribution is -0.0225. The first-order valence-corrected chi connectivity index (χ1v) is 10.2. The smallest absolute Gasteiger partial charge is 0.0822 e. The van der Waals surface area contributed by atoms with E-state index in [4.69, 9.17) is 4.74 Å². The molecular formula is C23H48N2O. The number of piperidine rings is 2. The fourth-order valence-corrected chi connectivity index (χ4v) is 4.91. The molecule has 5 aliphatic rings. The zero-order chi connectivity index (χ0) is 17.6. The maximum Gasteiger partial charge on any atom is 0.0822 e. The molecule has 0 aromatic carbocycles. The van der Waals surface area contributed by atoms with Crippen LogP contribution in [0.4, 0.5) is 0 Å². The van der Waals surface area contributed by atoms with Crippen molar-refractivity contribution in [2.45, 2.75) is 105 Å². The van der Waals surface area contributed by atoms with Crippen molar-refractivity contribution in [1.29, 1.82) is 0 Å². The molecule has 4 aliphatic heterocycles. The quantitative estimate of drug-likeness (QED) is 0.566. The predicted molar refractivity (Wildman–Crippen MR) is 115 cm³/mol. The van der Waals surface area contributed by atoms with Crippen molar-refractivity contribution in [3.63, 3.8) is 0 Å². The van der Waals surface area contributed by atoms with Gasteiger partial charge in [0.15, 0.2) is 0 Å². The second-order valence-electron chi connectivity index (χ2n) is 10.8. The first-order valence-electron chi connectivity index (χ1n) is 10.2. The molecule has 1 saturated carbocycles. The first-order chi connectivity index (χ1) is 11.1. The van der Waals surface area contributed by atoms with E-state index in [1.807, 2.05) is 0 Å². The SMILES string of the molecule is C.C.CC(C)(C)N1CC2CC(C2)C1.CC(C)(C)N1CCC2(CCCO2)C1. The fraction of sp³-hybridized carbons (Fsp3) is 1.00.